The van der Waals surface area contributed by atoms with Crippen LogP contribution in [0.2, 0.25) is 0 Å². The first kappa shape index (κ1) is 14.8. The van der Waals surface area contributed by atoms with Crippen LogP contribution in [0.5, 0.6) is 0 Å². The Morgan fingerprint density at radius 1 is 1.26 bits per heavy atom. The average Bonchev–Trinajstić information content (AvgIpc) is 2.63. The summed E-state index contributed by atoms with van der Waals surface area (Å²) in [5.74, 6) is 1.82. The summed E-state index contributed by atoms with van der Waals surface area (Å²) in [4.78, 5) is 14.8. The SMILES string of the molecule is CCCCC1NC(C)N(C2CCC(C)CC2C)C1=O. The third kappa shape index (κ3) is 3.13. The van der Waals surface area contributed by atoms with Crippen LogP contribution < -0.4 is 5.32 Å². The van der Waals surface area contributed by atoms with Crippen LogP contribution in [0.3, 0.4) is 0 Å². The van der Waals surface area contributed by atoms with Crippen LogP contribution in [0.25, 0.3) is 0 Å². The van der Waals surface area contributed by atoms with Crippen LogP contribution in [0.4, 0.5) is 0 Å². The molecule has 2 rings (SSSR count). The Hall–Kier alpha value is -0.570. The van der Waals surface area contributed by atoms with Gasteiger partial charge in [0.05, 0.1) is 12.2 Å². The minimum Gasteiger partial charge on any atom is -0.323 e. The molecule has 3 heteroatoms. The summed E-state index contributed by atoms with van der Waals surface area (Å²) in [5.41, 5.74) is 0. The number of hydrogen-bond donors (Lipinski definition) is 1. The molecule has 0 aromatic carbocycles. The Morgan fingerprint density at radius 3 is 2.63 bits per heavy atom. The van der Waals surface area contributed by atoms with Crippen LogP contribution in [-0.2, 0) is 4.79 Å². The van der Waals surface area contributed by atoms with Gasteiger partial charge in [-0.25, -0.2) is 0 Å². The largest absolute Gasteiger partial charge is 0.323 e. The maximum atomic E-state index is 12.6. The average molecular weight is 266 g/mol. The molecule has 19 heavy (non-hydrogen) atoms. The lowest BCUT2D eigenvalue weighted by Crippen LogP contribution is -2.48. The van der Waals surface area contributed by atoms with Crippen LogP contribution >= 0.6 is 0 Å². The van der Waals surface area contributed by atoms with Crippen molar-refractivity contribution in [1.82, 2.24) is 10.2 Å². The summed E-state index contributed by atoms with van der Waals surface area (Å²) in [6.45, 7) is 8.99. The molecule has 5 unspecified atom stereocenters. The first-order chi connectivity index (χ1) is 9.04. The lowest BCUT2D eigenvalue weighted by molar-refractivity contribution is -0.134. The van der Waals surface area contributed by atoms with Gasteiger partial charge in [0.25, 0.3) is 0 Å². The number of nitrogens with one attached hydrogen (secondary N) is 1. The second-order valence-electron chi connectivity index (χ2n) is 6.75. The number of nitrogens with zero attached hydrogens (tertiary/aromatic N) is 1. The molecule has 0 aromatic heterocycles. The lowest BCUT2D eigenvalue weighted by Gasteiger charge is -2.40. The number of unbranched alkanes of at least 4 members (excludes halogenated alkanes) is 1. The number of rotatable bonds is 4. The van der Waals surface area contributed by atoms with Gasteiger partial charge in [0, 0.05) is 6.04 Å². The fourth-order valence-corrected chi connectivity index (χ4v) is 3.94. The molecule has 0 aromatic rings. The van der Waals surface area contributed by atoms with Gasteiger partial charge in [0.15, 0.2) is 0 Å². The molecule has 3 nitrogen and oxygen atoms in total. The molecule has 1 saturated heterocycles. The molecule has 2 fully saturated rings. The van der Waals surface area contributed by atoms with Gasteiger partial charge < -0.3 is 4.90 Å². The highest BCUT2D eigenvalue weighted by Gasteiger charge is 2.42. The van der Waals surface area contributed by atoms with Gasteiger partial charge in [0.2, 0.25) is 5.91 Å². The summed E-state index contributed by atoms with van der Waals surface area (Å²) in [5, 5.41) is 3.49. The second-order valence-corrected chi connectivity index (χ2v) is 6.75. The van der Waals surface area contributed by atoms with Crippen LogP contribution in [0.1, 0.15) is 66.2 Å². The van der Waals surface area contributed by atoms with Crippen molar-refractivity contribution in [1.29, 1.82) is 0 Å². The van der Waals surface area contributed by atoms with E-state index in [2.05, 4.69) is 37.9 Å². The zero-order chi connectivity index (χ0) is 14.0. The Kier molecular flexibility index (Phi) is 4.88. The highest BCUT2D eigenvalue weighted by atomic mass is 16.2. The summed E-state index contributed by atoms with van der Waals surface area (Å²) in [6, 6.07) is 0.527. The molecule has 0 bridgehead atoms. The molecule has 1 saturated carbocycles. The van der Waals surface area contributed by atoms with Crippen LogP contribution in [0, 0.1) is 11.8 Å². The molecular weight excluding hydrogens is 236 g/mol. The second kappa shape index (κ2) is 6.25. The topological polar surface area (TPSA) is 32.3 Å². The predicted molar refractivity (Wildman–Crippen MR) is 78.7 cm³/mol. The summed E-state index contributed by atoms with van der Waals surface area (Å²) in [6.07, 6.45) is 7.23. The van der Waals surface area contributed by atoms with E-state index in [-0.39, 0.29) is 12.2 Å². The van der Waals surface area contributed by atoms with E-state index in [0.29, 0.717) is 17.9 Å². The number of carbonyl (C=O) groups excluding carboxylic acids is 1. The van der Waals surface area contributed by atoms with Crippen molar-refractivity contribution < 1.29 is 4.79 Å². The molecule has 1 aliphatic heterocycles. The maximum absolute atomic E-state index is 12.6. The van der Waals surface area contributed by atoms with E-state index in [1.54, 1.807) is 0 Å². The Balaban J connectivity index is 2.01. The zero-order valence-electron chi connectivity index (χ0n) is 13.0. The van der Waals surface area contributed by atoms with Crippen molar-refractivity contribution >= 4 is 5.91 Å². The highest BCUT2D eigenvalue weighted by Crippen LogP contribution is 2.34. The van der Waals surface area contributed by atoms with Crippen molar-refractivity contribution in [2.24, 2.45) is 11.8 Å². The van der Waals surface area contributed by atoms with Crippen molar-refractivity contribution in [3.63, 3.8) is 0 Å². The minimum atomic E-state index is 0.0708. The highest BCUT2D eigenvalue weighted by molar-refractivity contribution is 5.84. The molecular formula is C16H30N2O. The van der Waals surface area contributed by atoms with Gasteiger partial charge in [-0.05, 0) is 44.4 Å². The molecule has 1 aliphatic carbocycles. The van der Waals surface area contributed by atoms with Crippen molar-refractivity contribution in [2.75, 3.05) is 0 Å². The van der Waals surface area contributed by atoms with E-state index < -0.39 is 0 Å². The van der Waals surface area contributed by atoms with E-state index in [9.17, 15) is 4.79 Å². The summed E-state index contributed by atoms with van der Waals surface area (Å²) >= 11 is 0. The van der Waals surface area contributed by atoms with Crippen molar-refractivity contribution in [3.8, 4) is 0 Å². The normalized spacial score (nSPS) is 39.9. The van der Waals surface area contributed by atoms with Gasteiger partial charge >= 0.3 is 0 Å². The van der Waals surface area contributed by atoms with E-state index in [1.165, 1.54) is 19.3 Å². The van der Waals surface area contributed by atoms with E-state index in [0.717, 1.165) is 25.2 Å². The number of amides is 1. The molecule has 110 valence electrons. The predicted octanol–water partition coefficient (Wildman–Crippen LogP) is 3.15. The maximum Gasteiger partial charge on any atom is 0.241 e. The molecule has 1 N–H and O–H groups in total. The summed E-state index contributed by atoms with van der Waals surface area (Å²) < 4.78 is 0. The van der Waals surface area contributed by atoms with Crippen molar-refractivity contribution in [2.45, 2.75) is 84.5 Å². The first-order valence-corrected chi connectivity index (χ1v) is 8.12. The molecule has 1 amide bonds. The Morgan fingerprint density at radius 2 is 2.00 bits per heavy atom. The molecule has 0 spiro atoms. The molecule has 1 heterocycles. The molecule has 2 aliphatic rings. The van der Waals surface area contributed by atoms with Gasteiger partial charge in [0.1, 0.15) is 0 Å². The van der Waals surface area contributed by atoms with Crippen molar-refractivity contribution in [3.05, 3.63) is 0 Å². The van der Waals surface area contributed by atoms with Gasteiger partial charge in [-0.3, -0.25) is 10.1 Å². The number of hydrogen-bond acceptors (Lipinski definition) is 2. The summed E-state index contributed by atoms with van der Waals surface area (Å²) in [7, 11) is 0. The minimum absolute atomic E-state index is 0.0708. The third-order valence-corrected chi connectivity index (χ3v) is 5.00. The van der Waals surface area contributed by atoms with Gasteiger partial charge in [-0.2, -0.15) is 0 Å². The third-order valence-electron chi connectivity index (χ3n) is 5.00. The fourth-order valence-electron chi connectivity index (χ4n) is 3.94. The smallest absolute Gasteiger partial charge is 0.241 e. The van der Waals surface area contributed by atoms with E-state index >= 15 is 0 Å². The van der Waals surface area contributed by atoms with E-state index in [4.69, 9.17) is 0 Å². The standard InChI is InChI=1S/C16H30N2O/c1-5-6-7-14-16(19)18(13(4)17-14)15-9-8-11(2)10-12(15)3/h11-15,17H,5-10H2,1-4H3. The molecule has 0 radical (unpaired) electrons. The first-order valence-electron chi connectivity index (χ1n) is 8.12. The zero-order valence-corrected chi connectivity index (χ0v) is 13.0. The monoisotopic (exact) mass is 266 g/mol. The quantitative estimate of drug-likeness (QED) is 0.848. The fraction of sp³-hybridized carbons (Fsp3) is 0.938. The Labute approximate surface area is 118 Å². The van der Waals surface area contributed by atoms with Gasteiger partial charge in [-0.15, -0.1) is 0 Å². The van der Waals surface area contributed by atoms with Gasteiger partial charge in [-0.1, -0.05) is 33.6 Å². The lowest BCUT2D eigenvalue weighted by atomic mass is 9.79. The van der Waals surface area contributed by atoms with E-state index in [1.807, 2.05) is 0 Å². The number of carbonyl (C=O) groups is 1. The molecule has 5 atom stereocenters. The van der Waals surface area contributed by atoms with Crippen LogP contribution in [-0.4, -0.2) is 29.1 Å². The van der Waals surface area contributed by atoms with Crippen LogP contribution in [0.15, 0.2) is 0 Å². The Bertz CT molecular complexity index is 318.